The molecule has 1 heterocycles. The molecule has 0 unspecified atom stereocenters. The van der Waals surface area contributed by atoms with Crippen molar-refractivity contribution in [3.8, 4) is 5.75 Å². The minimum Gasteiger partial charge on any atom is -0.492 e. The zero-order valence-electron chi connectivity index (χ0n) is 13.7. The smallest absolute Gasteiger partial charge is 0.253 e. The first-order valence-electron chi connectivity index (χ1n) is 8.06. The van der Waals surface area contributed by atoms with E-state index < -0.39 is 0 Å². The topological polar surface area (TPSA) is 49.9 Å². The molecule has 1 aliphatic rings. The minimum atomic E-state index is -0.0549. The fraction of sp³-hybridized carbons (Fsp3) is 0.529. The van der Waals surface area contributed by atoms with E-state index >= 15 is 0 Å². The van der Waals surface area contributed by atoms with Gasteiger partial charge in [-0.05, 0) is 31.5 Å². The van der Waals surface area contributed by atoms with E-state index in [0.29, 0.717) is 55.5 Å². The highest BCUT2D eigenvalue weighted by Gasteiger charge is 2.22. The average molecular weight is 339 g/mol. The predicted molar refractivity (Wildman–Crippen MR) is 90.0 cm³/mol. The summed E-state index contributed by atoms with van der Waals surface area (Å²) in [6.07, 6.45) is 1.30. The van der Waals surface area contributed by atoms with Crippen molar-refractivity contribution in [2.45, 2.75) is 26.7 Å². The van der Waals surface area contributed by atoms with Gasteiger partial charge in [-0.3, -0.25) is 9.59 Å². The number of amides is 2. The number of hydrogen-bond acceptors (Lipinski definition) is 3. The standard InChI is InChI=1S/C17H23ClN2O3/c1-3-16(21)19-8-5-9-20(11-10-19)17(22)13-6-7-15(23-4-2)14(18)12-13/h6-7,12H,3-5,8-11H2,1-2H3. The molecule has 0 bridgehead atoms. The number of ether oxygens (including phenoxy) is 1. The lowest BCUT2D eigenvalue weighted by Gasteiger charge is -2.22. The van der Waals surface area contributed by atoms with Crippen molar-refractivity contribution in [1.82, 2.24) is 9.80 Å². The molecule has 23 heavy (non-hydrogen) atoms. The van der Waals surface area contributed by atoms with Gasteiger partial charge in [0, 0.05) is 38.2 Å². The largest absolute Gasteiger partial charge is 0.492 e. The molecule has 1 aromatic rings. The highest BCUT2D eigenvalue weighted by molar-refractivity contribution is 6.32. The zero-order valence-corrected chi connectivity index (χ0v) is 14.4. The second kappa shape index (κ2) is 8.20. The average Bonchev–Trinajstić information content (AvgIpc) is 2.81. The van der Waals surface area contributed by atoms with Crippen molar-refractivity contribution >= 4 is 23.4 Å². The van der Waals surface area contributed by atoms with Crippen LogP contribution in [0.1, 0.15) is 37.0 Å². The Morgan fingerprint density at radius 2 is 1.83 bits per heavy atom. The summed E-state index contributed by atoms with van der Waals surface area (Å²) in [5.41, 5.74) is 0.550. The van der Waals surface area contributed by atoms with Crippen molar-refractivity contribution in [2.24, 2.45) is 0 Å². The molecule has 0 atom stereocenters. The molecule has 0 N–H and O–H groups in total. The molecule has 6 heteroatoms. The van der Waals surface area contributed by atoms with Crippen molar-refractivity contribution in [3.63, 3.8) is 0 Å². The number of carbonyl (C=O) groups is 2. The molecular formula is C17H23ClN2O3. The number of halogens is 1. The Bertz CT molecular complexity index is 577. The normalized spacial score (nSPS) is 15.3. The molecular weight excluding hydrogens is 316 g/mol. The maximum Gasteiger partial charge on any atom is 0.253 e. The summed E-state index contributed by atoms with van der Waals surface area (Å²) in [5, 5.41) is 0.440. The molecule has 1 saturated heterocycles. The molecule has 0 aromatic heterocycles. The first-order valence-corrected chi connectivity index (χ1v) is 8.44. The molecule has 2 amide bonds. The van der Waals surface area contributed by atoms with E-state index in [9.17, 15) is 9.59 Å². The van der Waals surface area contributed by atoms with Crippen LogP contribution in [0.5, 0.6) is 5.75 Å². The quantitative estimate of drug-likeness (QED) is 0.848. The third-order valence-electron chi connectivity index (χ3n) is 3.92. The summed E-state index contributed by atoms with van der Waals surface area (Å²) in [6, 6.07) is 5.11. The van der Waals surface area contributed by atoms with Gasteiger partial charge in [-0.15, -0.1) is 0 Å². The van der Waals surface area contributed by atoms with Crippen LogP contribution in [-0.2, 0) is 4.79 Å². The first-order chi connectivity index (χ1) is 11.1. The Labute approximate surface area is 142 Å². The Kier molecular flexibility index (Phi) is 6.28. The van der Waals surface area contributed by atoms with Gasteiger partial charge in [0.1, 0.15) is 5.75 Å². The second-order valence-corrected chi connectivity index (χ2v) is 5.87. The lowest BCUT2D eigenvalue weighted by Crippen LogP contribution is -2.37. The van der Waals surface area contributed by atoms with Crippen molar-refractivity contribution < 1.29 is 14.3 Å². The summed E-state index contributed by atoms with van der Waals surface area (Å²) in [6.45, 7) is 6.77. The monoisotopic (exact) mass is 338 g/mol. The third-order valence-corrected chi connectivity index (χ3v) is 4.21. The first kappa shape index (κ1) is 17.6. The van der Waals surface area contributed by atoms with Crippen LogP contribution in [0.15, 0.2) is 18.2 Å². The molecule has 126 valence electrons. The molecule has 0 saturated carbocycles. The Hall–Kier alpha value is -1.75. The van der Waals surface area contributed by atoms with Crippen molar-refractivity contribution in [3.05, 3.63) is 28.8 Å². The Morgan fingerprint density at radius 1 is 1.13 bits per heavy atom. The summed E-state index contributed by atoms with van der Waals surface area (Å²) in [4.78, 5) is 28.1. The van der Waals surface area contributed by atoms with Gasteiger partial charge >= 0.3 is 0 Å². The molecule has 1 aromatic carbocycles. The summed E-state index contributed by atoms with van der Waals surface area (Å²) in [5.74, 6) is 0.672. The van der Waals surface area contributed by atoms with E-state index in [0.717, 1.165) is 6.42 Å². The molecule has 5 nitrogen and oxygen atoms in total. The Morgan fingerprint density at radius 3 is 2.48 bits per heavy atom. The molecule has 1 aliphatic heterocycles. The van der Waals surface area contributed by atoms with Crippen LogP contribution < -0.4 is 4.74 Å². The summed E-state index contributed by atoms with van der Waals surface area (Å²) < 4.78 is 5.39. The lowest BCUT2D eigenvalue weighted by molar-refractivity contribution is -0.130. The number of carbonyl (C=O) groups excluding carboxylic acids is 2. The van der Waals surface area contributed by atoms with E-state index in [1.54, 1.807) is 23.1 Å². The van der Waals surface area contributed by atoms with Gasteiger partial charge in [-0.2, -0.15) is 0 Å². The van der Waals surface area contributed by atoms with Gasteiger partial charge in [0.05, 0.1) is 11.6 Å². The van der Waals surface area contributed by atoms with E-state index in [1.165, 1.54) is 0 Å². The SMILES string of the molecule is CCOc1ccc(C(=O)N2CCCN(C(=O)CC)CC2)cc1Cl. The van der Waals surface area contributed by atoms with Gasteiger partial charge in [0.15, 0.2) is 0 Å². The van der Waals surface area contributed by atoms with Gasteiger partial charge in [-0.1, -0.05) is 18.5 Å². The highest BCUT2D eigenvalue weighted by atomic mass is 35.5. The van der Waals surface area contributed by atoms with Gasteiger partial charge in [0.25, 0.3) is 5.91 Å². The van der Waals surface area contributed by atoms with Crippen molar-refractivity contribution in [2.75, 3.05) is 32.8 Å². The number of hydrogen-bond donors (Lipinski definition) is 0. The maximum absolute atomic E-state index is 12.6. The van der Waals surface area contributed by atoms with Gasteiger partial charge in [-0.25, -0.2) is 0 Å². The Balaban J connectivity index is 2.05. The van der Waals surface area contributed by atoms with E-state index in [4.69, 9.17) is 16.3 Å². The minimum absolute atomic E-state index is 0.0549. The summed E-state index contributed by atoms with van der Waals surface area (Å²) in [7, 11) is 0. The number of benzene rings is 1. The number of rotatable bonds is 4. The van der Waals surface area contributed by atoms with Crippen LogP contribution in [0.25, 0.3) is 0 Å². The maximum atomic E-state index is 12.6. The fourth-order valence-electron chi connectivity index (χ4n) is 2.68. The van der Waals surface area contributed by atoms with Crippen molar-refractivity contribution in [1.29, 1.82) is 0 Å². The number of nitrogens with zero attached hydrogens (tertiary/aromatic N) is 2. The van der Waals surface area contributed by atoms with Crippen LogP contribution in [0.2, 0.25) is 5.02 Å². The third kappa shape index (κ3) is 4.38. The van der Waals surface area contributed by atoms with Gasteiger partial charge in [0.2, 0.25) is 5.91 Å². The predicted octanol–water partition coefficient (Wildman–Crippen LogP) is 2.82. The highest BCUT2D eigenvalue weighted by Crippen LogP contribution is 2.26. The van der Waals surface area contributed by atoms with Crippen LogP contribution in [0.3, 0.4) is 0 Å². The zero-order chi connectivity index (χ0) is 16.8. The molecule has 2 rings (SSSR count). The lowest BCUT2D eigenvalue weighted by atomic mass is 10.2. The van der Waals surface area contributed by atoms with Crippen LogP contribution >= 0.6 is 11.6 Å². The molecule has 0 aliphatic carbocycles. The fourth-order valence-corrected chi connectivity index (χ4v) is 2.92. The van der Waals surface area contributed by atoms with Crippen LogP contribution in [0, 0.1) is 0 Å². The van der Waals surface area contributed by atoms with E-state index in [1.807, 2.05) is 18.7 Å². The summed E-state index contributed by atoms with van der Waals surface area (Å²) >= 11 is 6.16. The van der Waals surface area contributed by atoms with E-state index in [-0.39, 0.29) is 11.8 Å². The molecule has 1 fully saturated rings. The van der Waals surface area contributed by atoms with Crippen LogP contribution in [0.4, 0.5) is 0 Å². The molecule has 0 radical (unpaired) electrons. The second-order valence-electron chi connectivity index (χ2n) is 5.46. The molecule has 0 spiro atoms. The van der Waals surface area contributed by atoms with Crippen LogP contribution in [-0.4, -0.2) is 54.4 Å². The van der Waals surface area contributed by atoms with E-state index in [2.05, 4.69) is 0 Å². The van der Waals surface area contributed by atoms with Gasteiger partial charge < -0.3 is 14.5 Å².